The van der Waals surface area contributed by atoms with Crippen molar-refractivity contribution in [1.29, 1.82) is 0 Å². The summed E-state index contributed by atoms with van der Waals surface area (Å²) in [4.78, 5) is 24.3. The summed E-state index contributed by atoms with van der Waals surface area (Å²) in [6, 6.07) is 5.50. The van der Waals surface area contributed by atoms with Gasteiger partial charge in [0.15, 0.2) is 6.10 Å². The first-order chi connectivity index (χ1) is 9.02. The van der Waals surface area contributed by atoms with E-state index in [0.717, 1.165) is 5.56 Å². The number of nitrogens with zero attached hydrogens (tertiary/aromatic N) is 1. The van der Waals surface area contributed by atoms with Crippen molar-refractivity contribution in [2.45, 2.75) is 13.0 Å². The normalized spacial score (nSPS) is 17.4. The zero-order valence-corrected chi connectivity index (χ0v) is 10.8. The van der Waals surface area contributed by atoms with Gasteiger partial charge in [0.1, 0.15) is 12.3 Å². The number of aryl methyl sites for hydroxylation is 1. The molecule has 0 aromatic heterocycles. The van der Waals surface area contributed by atoms with Crippen molar-refractivity contribution in [3.63, 3.8) is 0 Å². The highest BCUT2D eigenvalue weighted by atomic mass is 16.5. The number of fused-ring (bicyclic) bond motifs is 1. The number of rotatable bonds is 3. The second-order valence-electron chi connectivity index (χ2n) is 4.42. The van der Waals surface area contributed by atoms with Crippen molar-refractivity contribution in [1.82, 2.24) is 5.32 Å². The third-order valence-corrected chi connectivity index (χ3v) is 3.04. The molecule has 0 bridgehead atoms. The van der Waals surface area contributed by atoms with E-state index in [1.807, 2.05) is 19.1 Å². The lowest BCUT2D eigenvalue weighted by Gasteiger charge is -2.35. The van der Waals surface area contributed by atoms with Gasteiger partial charge in [-0.2, -0.15) is 0 Å². The molecule has 6 heteroatoms. The van der Waals surface area contributed by atoms with Gasteiger partial charge < -0.3 is 20.1 Å². The average Bonchev–Trinajstić information content (AvgIpc) is 2.38. The molecule has 1 aromatic carbocycles. The summed E-state index contributed by atoms with van der Waals surface area (Å²) in [5.74, 6) is -0.627. The van der Waals surface area contributed by atoms with E-state index in [0.29, 0.717) is 11.4 Å². The number of aliphatic carboxylic acids is 1. The molecule has 0 spiro atoms. The lowest BCUT2D eigenvalue weighted by atomic mass is 10.1. The molecule has 1 aliphatic heterocycles. The van der Waals surface area contributed by atoms with Crippen LogP contribution in [0.4, 0.5) is 5.69 Å². The fraction of sp³-hybridized carbons (Fsp3) is 0.385. The number of carboxylic acid groups (broad SMARTS) is 1. The number of likely N-dealkylation sites (N-methyl/N-ethyl adjacent to an activating group) is 1. The van der Waals surface area contributed by atoms with Gasteiger partial charge in [-0.15, -0.1) is 0 Å². The lowest BCUT2D eigenvalue weighted by Crippen LogP contribution is -2.49. The second kappa shape index (κ2) is 5.17. The molecule has 1 aliphatic rings. The smallest absolute Gasteiger partial charge is 0.323 e. The molecule has 0 saturated carbocycles. The van der Waals surface area contributed by atoms with Crippen LogP contribution in [0.15, 0.2) is 18.2 Å². The molecule has 1 atom stereocenters. The van der Waals surface area contributed by atoms with Gasteiger partial charge in [0.25, 0.3) is 5.91 Å². The Morgan fingerprint density at radius 1 is 1.53 bits per heavy atom. The Labute approximate surface area is 111 Å². The Morgan fingerprint density at radius 2 is 2.26 bits per heavy atom. The number of carboxylic acids is 1. The van der Waals surface area contributed by atoms with Crippen LogP contribution in [0.2, 0.25) is 0 Å². The highest BCUT2D eigenvalue weighted by molar-refractivity contribution is 5.84. The molecular weight excluding hydrogens is 248 g/mol. The SMILES string of the molecule is CNC(=O)C1CN(CC(=O)O)c2cccc(C)c2O1. The number of anilines is 1. The summed E-state index contributed by atoms with van der Waals surface area (Å²) in [5.41, 5.74) is 1.59. The van der Waals surface area contributed by atoms with Crippen LogP contribution < -0.4 is 15.0 Å². The molecule has 0 radical (unpaired) electrons. The Balaban J connectivity index is 2.37. The maximum absolute atomic E-state index is 11.7. The van der Waals surface area contributed by atoms with Crippen molar-refractivity contribution in [3.8, 4) is 5.75 Å². The van der Waals surface area contributed by atoms with Gasteiger partial charge >= 0.3 is 5.97 Å². The first-order valence-corrected chi connectivity index (χ1v) is 5.97. The summed E-state index contributed by atoms with van der Waals surface area (Å²) in [6.07, 6.45) is -0.696. The fourth-order valence-electron chi connectivity index (χ4n) is 2.13. The molecule has 0 fully saturated rings. The lowest BCUT2D eigenvalue weighted by molar-refractivity contribution is -0.136. The van der Waals surface area contributed by atoms with Crippen LogP contribution >= 0.6 is 0 Å². The van der Waals surface area contributed by atoms with Gasteiger partial charge in [-0.3, -0.25) is 9.59 Å². The van der Waals surface area contributed by atoms with Gasteiger partial charge in [-0.25, -0.2) is 0 Å². The number of para-hydroxylation sites is 1. The topological polar surface area (TPSA) is 78.9 Å². The predicted molar refractivity (Wildman–Crippen MR) is 69.5 cm³/mol. The molecule has 1 unspecified atom stereocenters. The monoisotopic (exact) mass is 264 g/mol. The van der Waals surface area contributed by atoms with Crippen LogP contribution in [0.1, 0.15) is 5.56 Å². The maximum Gasteiger partial charge on any atom is 0.323 e. The number of hydrogen-bond acceptors (Lipinski definition) is 4. The molecule has 102 valence electrons. The average molecular weight is 264 g/mol. The summed E-state index contributed by atoms with van der Waals surface area (Å²) in [7, 11) is 1.53. The van der Waals surface area contributed by atoms with Gasteiger partial charge in [0.2, 0.25) is 0 Å². The zero-order chi connectivity index (χ0) is 14.0. The summed E-state index contributed by atoms with van der Waals surface area (Å²) in [5, 5.41) is 11.5. The van der Waals surface area contributed by atoms with E-state index < -0.39 is 12.1 Å². The highest BCUT2D eigenvalue weighted by Crippen LogP contribution is 2.36. The Hall–Kier alpha value is -2.24. The summed E-state index contributed by atoms with van der Waals surface area (Å²) >= 11 is 0. The second-order valence-corrected chi connectivity index (χ2v) is 4.42. The van der Waals surface area contributed by atoms with E-state index >= 15 is 0 Å². The van der Waals surface area contributed by atoms with E-state index in [1.165, 1.54) is 7.05 Å². The van der Waals surface area contributed by atoms with Crippen molar-refractivity contribution in [2.75, 3.05) is 25.0 Å². The Bertz CT molecular complexity index is 515. The molecule has 0 aliphatic carbocycles. The minimum atomic E-state index is -0.940. The molecule has 1 heterocycles. The van der Waals surface area contributed by atoms with Crippen molar-refractivity contribution >= 4 is 17.6 Å². The summed E-state index contributed by atoms with van der Waals surface area (Å²) in [6.45, 7) is 1.93. The predicted octanol–water partition coefficient (Wildman–Crippen LogP) is 0.393. The highest BCUT2D eigenvalue weighted by Gasteiger charge is 2.31. The van der Waals surface area contributed by atoms with Gasteiger partial charge in [0, 0.05) is 7.05 Å². The minimum Gasteiger partial charge on any atom is -0.480 e. The summed E-state index contributed by atoms with van der Waals surface area (Å²) < 4.78 is 5.68. The van der Waals surface area contributed by atoms with E-state index in [4.69, 9.17) is 9.84 Å². The number of hydrogen-bond donors (Lipinski definition) is 2. The molecule has 1 amide bonds. The number of carbonyl (C=O) groups is 2. The first kappa shape index (κ1) is 13.2. The number of carbonyl (C=O) groups excluding carboxylic acids is 1. The van der Waals surface area contributed by atoms with Gasteiger partial charge in [0.05, 0.1) is 12.2 Å². The Morgan fingerprint density at radius 3 is 2.89 bits per heavy atom. The standard InChI is InChI=1S/C13H16N2O4/c1-8-4-3-5-9-12(8)19-10(13(18)14-2)6-15(9)7-11(16)17/h3-5,10H,6-7H2,1-2H3,(H,14,18)(H,16,17). The van der Waals surface area contributed by atoms with Gasteiger partial charge in [-0.05, 0) is 18.6 Å². The van der Waals surface area contributed by atoms with Crippen molar-refractivity contribution in [2.24, 2.45) is 0 Å². The van der Waals surface area contributed by atoms with Gasteiger partial charge in [-0.1, -0.05) is 12.1 Å². The molecule has 1 aromatic rings. The molecule has 0 saturated heterocycles. The third kappa shape index (κ3) is 2.62. The largest absolute Gasteiger partial charge is 0.480 e. The molecule has 2 N–H and O–H groups in total. The quantitative estimate of drug-likeness (QED) is 0.826. The number of nitrogens with one attached hydrogen (secondary N) is 1. The Kier molecular flexibility index (Phi) is 3.59. The molecule has 2 rings (SSSR count). The molecule has 19 heavy (non-hydrogen) atoms. The van der Waals surface area contributed by atoms with E-state index in [2.05, 4.69) is 5.32 Å². The molecule has 6 nitrogen and oxygen atoms in total. The van der Waals surface area contributed by atoms with Crippen molar-refractivity contribution in [3.05, 3.63) is 23.8 Å². The van der Waals surface area contributed by atoms with Crippen molar-refractivity contribution < 1.29 is 19.4 Å². The van der Waals surface area contributed by atoms with Crippen LogP contribution in [0.5, 0.6) is 5.75 Å². The van der Waals surface area contributed by atoms with E-state index in [1.54, 1.807) is 11.0 Å². The first-order valence-electron chi connectivity index (χ1n) is 5.97. The minimum absolute atomic E-state index is 0.159. The number of benzene rings is 1. The van der Waals surface area contributed by atoms with Crippen LogP contribution in [-0.2, 0) is 9.59 Å². The van der Waals surface area contributed by atoms with Crippen LogP contribution in [0.25, 0.3) is 0 Å². The fourth-order valence-corrected chi connectivity index (χ4v) is 2.13. The van der Waals surface area contributed by atoms with E-state index in [-0.39, 0.29) is 19.0 Å². The number of amides is 1. The van der Waals surface area contributed by atoms with E-state index in [9.17, 15) is 9.59 Å². The number of ether oxygens (including phenoxy) is 1. The maximum atomic E-state index is 11.7. The van der Waals surface area contributed by atoms with Crippen LogP contribution in [0.3, 0.4) is 0 Å². The third-order valence-electron chi connectivity index (χ3n) is 3.04. The zero-order valence-electron chi connectivity index (χ0n) is 10.8. The van der Waals surface area contributed by atoms with Crippen LogP contribution in [-0.4, -0.2) is 43.2 Å². The molecular formula is C13H16N2O4. The van der Waals surface area contributed by atoms with Crippen LogP contribution in [0, 0.1) is 6.92 Å².